The summed E-state index contributed by atoms with van der Waals surface area (Å²) in [5, 5.41) is 23.4. The molecule has 0 aliphatic heterocycles. The fourth-order valence-electron chi connectivity index (χ4n) is 12.2. The van der Waals surface area contributed by atoms with Crippen molar-refractivity contribution in [3.8, 4) is 0 Å². The van der Waals surface area contributed by atoms with E-state index in [1.807, 2.05) is 0 Å². The third-order valence-corrected chi connectivity index (χ3v) is 18.0. The van der Waals surface area contributed by atoms with Gasteiger partial charge in [0.15, 0.2) is 0 Å². The van der Waals surface area contributed by atoms with Gasteiger partial charge < -0.3 is 20.3 Å². The zero-order valence-electron chi connectivity index (χ0n) is 56.5. The number of ether oxygens (including phenoxy) is 1. The summed E-state index contributed by atoms with van der Waals surface area (Å²) in [6.45, 7) is 4.97. The minimum atomic E-state index is -0.661. The number of aliphatic hydroxyl groups is 2. The number of aliphatic hydroxyl groups excluding tert-OH is 2. The number of rotatable bonds is 72. The molecule has 83 heavy (non-hydrogen) atoms. The maximum atomic E-state index is 12.5. The topological polar surface area (TPSA) is 95.9 Å². The molecule has 3 N–H and O–H groups in total. The van der Waals surface area contributed by atoms with Crippen molar-refractivity contribution in [1.29, 1.82) is 0 Å². The average molecular weight is 1170 g/mol. The third kappa shape index (κ3) is 69.3. The van der Waals surface area contributed by atoms with Crippen LogP contribution >= 0.6 is 0 Å². The lowest BCUT2D eigenvalue weighted by Gasteiger charge is -2.22. The molecular formula is C77H149NO5. The molecule has 0 aromatic carbocycles. The van der Waals surface area contributed by atoms with Crippen molar-refractivity contribution in [3.05, 3.63) is 24.3 Å². The zero-order valence-corrected chi connectivity index (χ0v) is 56.5. The highest BCUT2D eigenvalue weighted by atomic mass is 16.5. The van der Waals surface area contributed by atoms with Crippen LogP contribution in [0.15, 0.2) is 24.3 Å². The van der Waals surface area contributed by atoms with Gasteiger partial charge in [0.25, 0.3) is 0 Å². The van der Waals surface area contributed by atoms with Gasteiger partial charge in [0.2, 0.25) is 5.91 Å². The Labute approximate surface area is 520 Å². The average Bonchev–Trinajstić information content (AvgIpc) is 3.49. The van der Waals surface area contributed by atoms with Gasteiger partial charge in [-0.1, -0.05) is 385 Å². The standard InChI is InChI=1S/C77H149NO5/c1-3-5-7-9-11-13-15-17-19-37-41-45-49-53-57-61-65-69-75(80)74(73-79)78-76(81)70-66-62-58-54-50-46-42-39-35-33-31-29-27-25-23-21-22-24-26-28-30-32-34-36-40-44-48-52-56-60-64-68-72-83-77(82)71-67-63-59-55-51-47-43-38-20-18-16-14-12-10-8-6-4-2/h12,14,18,20,74-75,79-80H,3-11,13,15-17,19,21-73H2,1-2H3,(H,78,81)/b14-12-,20-18-. The van der Waals surface area contributed by atoms with Crippen LogP contribution in [0.25, 0.3) is 0 Å². The van der Waals surface area contributed by atoms with E-state index < -0.39 is 12.1 Å². The molecule has 2 atom stereocenters. The van der Waals surface area contributed by atoms with Crippen LogP contribution in [0.1, 0.15) is 431 Å². The molecule has 0 aliphatic carbocycles. The molecule has 0 heterocycles. The second-order valence-electron chi connectivity index (χ2n) is 26.3. The quantitative estimate of drug-likeness (QED) is 0.0320. The van der Waals surface area contributed by atoms with Crippen LogP contribution in [0.3, 0.4) is 0 Å². The molecule has 0 bridgehead atoms. The second-order valence-corrected chi connectivity index (χ2v) is 26.3. The molecular weight excluding hydrogens is 1020 g/mol. The van der Waals surface area contributed by atoms with E-state index in [1.165, 1.54) is 347 Å². The van der Waals surface area contributed by atoms with E-state index in [1.54, 1.807) is 0 Å². The van der Waals surface area contributed by atoms with Gasteiger partial charge >= 0.3 is 5.97 Å². The van der Waals surface area contributed by atoms with E-state index in [0.717, 1.165) is 51.4 Å². The lowest BCUT2D eigenvalue weighted by molar-refractivity contribution is -0.143. The number of nitrogens with one attached hydrogen (secondary N) is 1. The molecule has 0 saturated carbocycles. The Morgan fingerprint density at radius 3 is 0.940 bits per heavy atom. The maximum absolute atomic E-state index is 12.5. The Morgan fingerprint density at radius 1 is 0.337 bits per heavy atom. The van der Waals surface area contributed by atoms with Crippen molar-refractivity contribution in [1.82, 2.24) is 5.32 Å². The molecule has 0 saturated heterocycles. The van der Waals surface area contributed by atoms with Gasteiger partial charge in [-0.25, -0.2) is 0 Å². The van der Waals surface area contributed by atoms with E-state index >= 15 is 0 Å². The monoisotopic (exact) mass is 1170 g/mol. The van der Waals surface area contributed by atoms with Crippen LogP contribution in [0.4, 0.5) is 0 Å². The van der Waals surface area contributed by atoms with Gasteiger partial charge in [-0.15, -0.1) is 0 Å². The fourth-order valence-corrected chi connectivity index (χ4v) is 12.2. The van der Waals surface area contributed by atoms with E-state index in [-0.39, 0.29) is 18.5 Å². The van der Waals surface area contributed by atoms with E-state index in [4.69, 9.17) is 4.74 Å². The highest BCUT2D eigenvalue weighted by molar-refractivity contribution is 5.76. The number of carbonyl (C=O) groups excluding carboxylic acids is 2. The van der Waals surface area contributed by atoms with E-state index in [9.17, 15) is 19.8 Å². The number of hydrogen-bond donors (Lipinski definition) is 3. The van der Waals surface area contributed by atoms with Gasteiger partial charge in [0.1, 0.15) is 0 Å². The smallest absolute Gasteiger partial charge is 0.305 e. The number of carbonyl (C=O) groups is 2. The Morgan fingerprint density at radius 2 is 0.602 bits per heavy atom. The first-order valence-corrected chi connectivity index (χ1v) is 38.1. The lowest BCUT2D eigenvalue weighted by atomic mass is 10.0. The fraction of sp³-hybridized carbons (Fsp3) is 0.922. The molecule has 0 radical (unpaired) electrons. The molecule has 492 valence electrons. The van der Waals surface area contributed by atoms with Gasteiger partial charge in [-0.2, -0.15) is 0 Å². The Balaban J connectivity index is 3.31. The number of amides is 1. The minimum Gasteiger partial charge on any atom is -0.466 e. The van der Waals surface area contributed by atoms with Crippen LogP contribution in [-0.4, -0.2) is 47.4 Å². The Kier molecular flexibility index (Phi) is 71.4. The summed E-state index contributed by atoms with van der Waals surface area (Å²) in [6, 6.07) is -0.538. The van der Waals surface area contributed by atoms with Crippen molar-refractivity contribution < 1.29 is 24.5 Å². The first kappa shape index (κ1) is 81.3. The molecule has 1 amide bonds. The molecule has 6 nitrogen and oxygen atoms in total. The third-order valence-electron chi connectivity index (χ3n) is 18.0. The van der Waals surface area contributed by atoms with Crippen molar-refractivity contribution in [2.45, 2.75) is 443 Å². The molecule has 0 spiro atoms. The summed E-state index contributed by atoms with van der Waals surface area (Å²) in [7, 11) is 0. The Bertz CT molecular complexity index is 1300. The summed E-state index contributed by atoms with van der Waals surface area (Å²) in [6.07, 6.45) is 92.5. The van der Waals surface area contributed by atoms with Gasteiger partial charge in [0.05, 0.1) is 25.4 Å². The molecule has 0 fully saturated rings. The van der Waals surface area contributed by atoms with Crippen LogP contribution in [-0.2, 0) is 14.3 Å². The van der Waals surface area contributed by atoms with Crippen molar-refractivity contribution in [2.24, 2.45) is 0 Å². The first-order valence-electron chi connectivity index (χ1n) is 38.1. The zero-order chi connectivity index (χ0) is 59.9. The summed E-state index contributed by atoms with van der Waals surface area (Å²) in [5.41, 5.74) is 0. The van der Waals surface area contributed by atoms with Gasteiger partial charge in [-0.3, -0.25) is 9.59 Å². The van der Waals surface area contributed by atoms with E-state index in [2.05, 4.69) is 43.5 Å². The summed E-state index contributed by atoms with van der Waals surface area (Å²) >= 11 is 0. The number of unbranched alkanes of at least 4 members (excludes halogenated alkanes) is 57. The van der Waals surface area contributed by atoms with Gasteiger partial charge in [0, 0.05) is 12.8 Å². The lowest BCUT2D eigenvalue weighted by Crippen LogP contribution is -2.45. The van der Waals surface area contributed by atoms with E-state index in [0.29, 0.717) is 25.9 Å². The molecule has 2 unspecified atom stereocenters. The molecule has 0 aromatic heterocycles. The summed E-state index contributed by atoms with van der Waals surface area (Å²) in [5.74, 6) is -0.0121. The predicted molar refractivity (Wildman–Crippen MR) is 366 cm³/mol. The van der Waals surface area contributed by atoms with Crippen LogP contribution in [0.5, 0.6) is 0 Å². The van der Waals surface area contributed by atoms with Crippen LogP contribution < -0.4 is 5.32 Å². The predicted octanol–water partition coefficient (Wildman–Crippen LogP) is 24.9. The normalized spacial score (nSPS) is 12.6. The summed E-state index contributed by atoms with van der Waals surface area (Å²) < 4.78 is 5.51. The molecule has 0 aliphatic rings. The molecule has 0 rings (SSSR count). The van der Waals surface area contributed by atoms with Crippen molar-refractivity contribution in [3.63, 3.8) is 0 Å². The second kappa shape index (κ2) is 72.8. The molecule has 0 aromatic rings. The van der Waals surface area contributed by atoms with Crippen LogP contribution in [0.2, 0.25) is 0 Å². The van der Waals surface area contributed by atoms with Crippen molar-refractivity contribution >= 4 is 11.9 Å². The van der Waals surface area contributed by atoms with Crippen molar-refractivity contribution in [2.75, 3.05) is 13.2 Å². The highest BCUT2D eigenvalue weighted by Crippen LogP contribution is 2.20. The minimum absolute atomic E-state index is 0.0143. The number of esters is 1. The Hall–Kier alpha value is -1.66. The number of hydrogen-bond acceptors (Lipinski definition) is 5. The first-order chi connectivity index (χ1) is 41.0. The van der Waals surface area contributed by atoms with Crippen LogP contribution in [0, 0.1) is 0 Å². The molecule has 6 heteroatoms. The highest BCUT2D eigenvalue weighted by Gasteiger charge is 2.20. The SMILES string of the molecule is CCCCC/C=C\C/C=C\CCCCCCCCCC(=O)OCCCCCCCCCCCCCCCCCCCCCCCCCCCCCCCCCCC(=O)NC(CO)C(O)CCCCCCCCCCCCCCCCCCC. The largest absolute Gasteiger partial charge is 0.466 e. The number of allylic oxidation sites excluding steroid dienone is 4. The van der Waals surface area contributed by atoms with Gasteiger partial charge in [-0.05, 0) is 57.8 Å². The maximum Gasteiger partial charge on any atom is 0.305 e. The summed E-state index contributed by atoms with van der Waals surface area (Å²) in [4.78, 5) is 24.6.